The van der Waals surface area contributed by atoms with Crippen molar-refractivity contribution >= 4 is 11.6 Å². The predicted molar refractivity (Wildman–Crippen MR) is 60.8 cm³/mol. The summed E-state index contributed by atoms with van der Waals surface area (Å²) < 4.78 is 9.95. The minimum absolute atomic E-state index is 0.466. The number of aliphatic hydroxyl groups is 1. The van der Waals surface area contributed by atoms with Gasteiger partial charge in [-0.3, -0.25) is 0 Å². The summed E-state index contributed by atoms with van der Waals surface area (Å²) in [6.45, 7) is 0. The molecule has 0 radical (unpaired) electrons. The Morgan fingerprint density at radius 2 is 2.19 bits per heavy atom. The highest BCUT2D eigenvalue weighted by atomic mass is 35.5. The van der Waals surface area contributed by atoms with Gasteiger partial charge in [0, 0.05) is 11.1 Å². The van der Waals surface area contributed by atoms with Crippen molar-refractivity contribution in [3.05, 3.63) is 52.9 Å². The summed E-state index contributed by atoms with van der Waals surface area (Å²) in [6.07, 6.45) is 2.22. The highest BCUT2D eigenvalue weighted by molar-refractivity contribution is 6.31. The van der Waals surface area contributed by atoms with E-state index in [1.807, 2.05) is 0 Å². The summed E-state index contributed by atoms with van der Waals surface area (Å²) >= 11 is 6.05. The molecular weight excluding hydrogens is 228 g/mol. The van der Waals surface area contributed by atoms with Crippen LogP contribution in [0.2, 0.25) is 5.02 Å². The second kappa shape index (κ2) is 4.60. The first-order chi connectivity index (χ1) is 7.72. The molecule has 1 aromatic carbocycles. The second-order valence-electron chi connectivity index (χ2n) is 3.35. The molecule has 0 amide bonds. The summed E-state index contributed by atoms with van der Waals surface area (Å²) in [5.74, 6) is 0.660. The van der Waals surface area contributed by atoms with Crippen LogP contribution in [0.5, 0.6) is 5.75 Å². The highest BCUT2D eigenvalue weighted by Crippen LogP contribution is 2.31. The average Bonchev–Trinajstić information content (AvgIpc) is 2.81. The van der Waals surface area contributed by atoms with Crippen LogP contribution < -0.4 is 4.74 Å². The van der Waals surface area contributed by atoms with Crippen molar-refractivity contribution in [3.63, 3.8) is 0 Å². The van der Waals surface area contributed by atoms with Crippen LogP contribution in [0.25, 0.3) is 0 Å². The van der Waals surface area contributed by atoms with E-state index in [0.717, 1.165) is 0 Å². The zero-order valence-corrected chi connectivity index (χ0v) is 9.44. The summed E-state index contributed by atoms with van der Waals surface area (Å²) in [4.78, 5) is 0. The zero-order chi connectivity index (χ0) is 11.5. The quantitative estimate of drug-likeness (QED) is 0.894. The second-order valence-corrected chi connectivity index (χ2v) is 3.75. The maximum absolute atomic E-state index is 10.0. The van der Waals surface area contributed by atoms with Gasteiger partial charge in [-0.2, -0.15) is 0 Å². The van der Waals surface area contributed by atoms with E-state index in [2.05, 4.69) is 0 Å². The Morgan fingerprint density at radius 3 is 2.75 bits per heavy atom. The van der Waals surface area contributed by atoms with Crippen molar-refractivity contribution in [3.8, 4) is 5.75 Å². The van der Waals surface area contributed by atoms with Crippen molar-refractivity contribution in [2.45, 2.75) is 6.10 Å². The number of methoxy groups -OCH3 is 1. The fourth-order valence-corrected chi connectivity index (χ4v) is 1.74. The molecule has 1 atom stereocenters. The standard InChI is InChI=1S/C12H11ClO3/c1-15-9-2-3-10(11(13)6-9)12(14)8-4-5-16-7-8/h2-7,12,14H,1H3. The molecule has 4 heteroatoms. The van der Waals surface area contributed by atoms with Crippen LogP contribution in [-0.2, 0) is 0 Å². The summed E-state index contributed by atoms with van der Waals surface area (Å²) in [5, 5.41) is 10.5. The van der Waals surface area contributed by atoms with E-state index in [-0.39, 0.29) is 0 Å². The average molecular weight is 239 g/mol. The third-order valence-corrected chi connectivity index (χ3v) is 2.69. The molecule has 0 spiro atoms. The Kier molecular flexibility index (Phi) is 3.17. The van der Waals surface area contributed by atoms with Crippen LogP contribution in [0, 0.1) is 0 Å². The number of hydrogen-bond donors (Lipinski definition) is 1. The Bertz CT molecular complexity index is 465. The summed E-state index contributed by atoms with van der Waals surface area (Å²) in [7, 11) is 1.57. The van der Waals surface area contributed by atoms with Gasteiger partial charge in [-0.05, 0) is 18.2 Å². The van der Waals surface area contributed by atoms with E-state index in [0.29, 0.717) is 21.9 Å². The molecule has 2 rings (SSSR count). The van der Waals surface area contributed by atoms with E-state index in [4.69, 9.17) is 20.8 Å². The number of hydrogen-bond acceptors (Lipinski definition) is 3. The Hall–Kier alpha value is -1.45. The fraction of sp³-hybridized carbons (Fsp3) is 0.167. The molecule has 3 nitrogen and oxygen atoms in total. The first-order valence-electron chi connectivity index (χ1n) is 4.76. The van der Waals surface area contributed by atoms with Gasteiger partial charge >= 0.3 is 0 Å². The van der Waals surface area contributed by atoms with Crippen LogP contribution in [-0.4, -0.2) is 12.2 Å². The topological polar surface area (TPSA) is 42.6 Å². The van der Waals surface area contributed by atoms with Crippen molar-refractivity contribution in [1.29, 1.82) is 0 Å². The Balaban J connectivity index is 2.34. The molecule has 84 valence electrons. The minimum atomic E-state index is -0.780. The number of furan rings is 1. The van der Waals surface area contributed by atoms with E-state index in [9.17, 15) is 5.11 Å². The molecule has 1 aromatic heterocycles. The molecule has 1 unspecified atom stereocenters. The maximum atomic E-state index is 10.0. The van der Waals surface area contributed by atoms with Crippen LogP contribution in [0.1, 0.15) is 17.2 Å². The molecule has 0 saturated carbocycles. The van der Waals surface area contributed by atoms with Gasteiger partial charge < -0.3 is 14.3 Å². The fourth-order valence-electron chi connectivity index (χ4n) is 1.47. The maximum Gasteiger partial charge on any atom is 0.120 e. The Morgan fingerprint density at radius 1 is 1.38 bits per heavy atom. The van der Waals surface area contributed by atoms with Gasteiger partial charge in [0.1, 0.15) is 11.9 Å². The highest BCUT2D eigenvalue weighted by Gasteiger charge is 2.15. The molecule has 0 aliphatic rings. The molecule has 0 saturated heterocycles. The monoisotopic (exact) mass is 238 g/mol. The van der Waals surface area contributed by atoms with E-state index < -0.39 is 6.10 Å². The first kappa shape index (κ1) is 11.0. The smallest absolute Gasteiger partial charge is 0.120 e. The minimum Gasteiger partial charge on any atom is -0.497 e. The lowest BCUT2D eigenvalue weighted by Gasteiger charge is -2.11. The van der Waals surface area contributed by atoms with Gasteiger partial charge in [0.15, 0.2) is 0 Å². The largest absolute Gasteiger partial charge is 0.497 e. The first-order valence-corrected chi connectivity index (χ1v) is 5.13. The lowest BCUT2D eigenvalue weighted by atomic mass is 10.0. The van der Waals surface area contributed by atoms with Gasteiger partial charge in [0.25, 0.3) is 0 Å². The van der Waals surface area contributed by atoms with E-state index in [1.165, 1.54) is 12.5 Å². The van der Waals surface area contributed by atoms with E-state index in [1.54, 1.807) is 31.4 Å². The number of rotatable bonds is 3. The summed E-state index contributed by atoms with van der Waals surface area (Å²) in [5.41, 5.74) is 1.30. The van der Waals surface area contributed by atoms with Gasteiger partial charge in [0.2, 0.25) is 0 Å². The molecule has 1 N–H and O–H groups in total. The summed E-state index contributed by atoms with van der Waals surface area (Å²) in [6, 6.07) is 6.86. The Labute approximate surface area is 98.2 Å². The van der Waals surface area contributed by atoms with Crippen LogP contribution in [0.4, 0.5) is 0 Å². The van der Waals surface area contributed by atoms with Crippen molar-refractivity contribution in [2.75, 3.05) is 7.11 Å². The van der Waals surface area contributed by atoms with Crippen molar-refractivity contribution < 1.29 is 14.3 Å². The van der Waals surface area contributed by atoms with Gasteiger partial charge in [-0.1, -0.05) is 17.7 Å². The SMILES string of the molecule is COc1ccc(C(O)c2ccoc2)c(Cl)c1. The molecule has 2 aromatic rings. The van der Waals surface area contributed by atoms with Crippen LogP contribution >= 0.6 is 11.6 Å². The third-order valence-electron chi connectivity index (χ3n) is 2.36. The van der Waals surface area contributed by atoms with Gasteiger partial charge in [-0.15, -0.1) is 0 Å². The predicted octanol–water partition coefficient (Wildman–Crippen LogP) is 3.02. The number of ether oxygens (including phenoxy) is 1. The molecule has 16 heavy (non-hydrogen) atoms. The normalized spacial score (nSPS) is 12.4. The van der Waals surface area contributed by atoms with Gasteiger partial charge in [0.05, 0.1) is 24.7 Å². The lowest BCUT2D eigenvalue weighted by molar-refractivity contribution is 0.219. The van der Waals surface area contributed by atoms with E-state index >= 15 is 0 Å². The lowest BCUT2D eigenvalue weighted by Crippen LogP contribution is -1.99. The molecule has 0 bridgehead atoms. The number of halogens is 1. The van der Waals surface area contributed by atoms with Gasteiger partial charge in [-0.25, -0.2) is 0 Å². The van der Waals surface area contributed by atoms with Crippen molar-refractivity contribution in [2.24, 2.45) is 0 Å². The molecule has 0 aliphatic heterocycles. The zero-order valence-electron chi connectivity index (χ0n) is 8.68. The number of benzene rings is 1. The van der Waals surface area contributed by atoms with Crippen LogP contribution in [0.3, 0.4) is 0 Å². The molecule has 1 heterocycles. The molecule has 0 fully saturated rings. The number of aliphatic hydroxyl groups excluding tert-OH is 1. The molecular formula is C12H11ClO3. The molecule has 0 aliphatic carbocycles. The third kappa shape index (κ3) is 2.05. The van der Waals surface area contributed by atoms with Crippen LogP contribution in [0.15, 0.2) is 41.2 Å². The van der Waals surface area contributed by atoms with Crippen molar-refractivity contribution in [1.82, 2.24) is 0 Å².